The van der Waals surface area contributed by atoms with E-state index in [4.69, 9.17) is 10.8 Å². The fourth-order valence-electron chi connectivity index (χ4n) is 4.35. The summed E-state index contributed by atoms with van der Waals surface area (Å²) in [7, 11) is 0. The predicted molar refractivity (Wildman–Crippen MR) is 142 cm³/mol. The van der Waals surface area contributed by atoms with Crippen LogP contribution in [-0.2, 0) is 25.8 Å². The van der Waals surface area contributed by atoms with Crippen molar-refractivity contribution in [3.63, 3.8) is 0 Å². The lowest BCUT2D eigenvalue weighted by atomic mass is 10.0. The number of aliphatic carboxylic acids is 1. The lowest BCUT2D eigenvalue weighted by Crippen LogP contribution is -2.71. The molecule has 40 heavy (non-hydrogen) atoms. The van der Waals surface area contributed by atoms with Gasteiger partial charge in [0, 0.05) is 35.6 Å². The van der Waals surface area contributed by atoms with Crippen LogP contribution >= 0.6 is 34.9 Å². The number of halogens is 1. The van der Waals surface area contributed by atoms with Crippen molar-refractivity contribution in [2.24, 2.45) is 5.16 Å². The van der Waals surface area contributed by atoms with Gasteiger partial charge in [-0.25, -0.2) is 9.37 Å². The number of hydrogen-bond donors (Lipinski definition) is 3. The number of aromatic nitrogens is 3. The Hall–Kier alpha value is -3.67. The number of thiazole rings is 1. The number of carboxylic acid groups (broad SMARTS) is 1. The van der Waals surface area contributed by atoms with Gasteiger partial charge in [0.05, 0.1) is 30.7 Å². The summed E-state index contributed by atoms with van der Waals surface area (Å²) in [4.78, 5) is 47.6. The monoisotopic (exact) mass is 607 g/mol. The summed E-state index contributed by atoms with van der Waals surface area (Å²) in [5.41, 5.74) is 6.41. The van der Waals surface area contributed by atoms with Crippen LogP contribution in [0.25, 0.3) is 5.69 Å². The third-order valence-electron chi connectivity index (χ3n) is 6.04. The van der Waals surface area contributed by atoms with Gasteiger partial charge in [-0.1, -0.05) is 16.9 Å². The van der Waals surface area contributed by atoms with E-state index in [-0.39, 0.29) is 41.1 Å². The molecule has 4 N–H and O–H groups in total. The molecular formula is C23H22FN7O6S3. The number of aliphatic hydroxyl groups is 1. The number of thioether (sulfide) groups is 2. The van der Waals surface area contributed by atoms with Crippen LogP contribution in [0, 0.1) is 0 Å². The van der Waals surface area contributed by atoms with Crippen molar-refractivity contribution >= 4 is 63.5 Å². The zero-order valence-corrected chi connectivity index (χ0v) is 23.0. The number of carboxylic acids is 1. The number of oxime groups is 1. The van der Waals surface area contributed by atoms with E-state index in [1.807, 2.05) is 33.7 Å². The number of carbonyl (C=O) groups excluding carboxylic acids is 3. The van der Waals surface area contributed by atoms with Gasteiger partial charge in [-0.2, -0.15) is 4.57 Å². The van der Waals surface area contributed by atoms with E-state index in [9.17, 15) is 23.9 Å². The molecule has 1 aromatic heterocycles. The van der Waals surface area contributed by atoms with Crippen molar-refractivity contribution in [3.8, 4) is 5.69 Å². The second kappa shape index (κ2) is 11.8. The molecule has 0 unspecified atom stereocenters. The number of carbonyl (C=O) groups is 3. The molecule has 0 spiro atoms. The Labute approximate surface area is 238 Å². The van der Waals surface area contributed by atoms with Crippen LogP contribution in [0.15, 0.2) is 57.6 Å². The molecule has 210 valence electrons. The van der Waals surface area contributed by atoms with E-state index in [0.717, 1.165) is 27.0 Å². The normalized spacial score (nSPS) is 19.0. The molecule has 1 aromatic rings. The van der Waals surface area contributed by atoms with Crippen LogP contribution in [-0.4, -0.2) is 79.4 Å². The lowest BCUT2D eigenvalue weighted by Gasteiger charge is -2.50. The first-order chi connectivity index (χ1) is 19.3. The number of β-lactam (4-membered cyclic amide) rings is 1. The number of aliphatic hydroxyl groups excluding tert-OH is 1. The van der Waals surface area contributed by atoms with Gasteiger partial charge < -0.3 is 35.5 Å². The molecule has 2 amide bonds. The van der Waals surface area contributed by atoms with Crippen molar-refractivity contribution < 1.29 is 38.4 Å². The van der Waals surface area contributed by atoms with Crippen molar-refractivity contribution in [1.29, 1.82) is 0 Å². The minimum atomic E-state index is -1.50. The number of nitrogen functional groups attached to an aromatic ring is 1. The van der Waals surface area contributed by atoms with Crippen LogP contribution in [0.3, 0.4) is 0 Å². The molecule has 5 heterocycles. The maximum atomic E-state index is 13.1. The smallest absolute Gasteiger partial charge is 0.276 e. The Bertz CT molecular complexity index is 1490. The number of nitrogens with zero attached hydrogens (tertiary/aromatic N) is 5. The topological polar surface area (TPSA) is 179 Å². The largest absolute Gasteiger partial charge is 0.543 e. The molecule has 1 fully saturated rings. The first kappa shape index (κ1) is 27.9. The summed E-state index contributed by atoms with van der Waals surface area (Å²) in [5, 5.41) is 29.1. The average molecular weight is 608 g/mol. The Morgan fingerprint density at radius 2 is 2.25 bits per heavy atom. The first-order valence-electron chi connectivity index (χ1n) is 11.7. The maximum absolute atomic E-state index is 13.1. The SMILES string of the molecule is Nc1nc(/C(=N/OCF)C(=O)N[C@@H]2C(=O)N3C(C(=O)[O-])=C(Cn4cc[n+]5c(SCCO)ccc-5c4)CS[C@H]23)cs1. The van der Waals surface area contributed by atoms with Gasteiger partial charge in [0.15, 0.2) is 17.0 Å². The van der Waals surface area contributed by atoms with Gasteiger partial charge >= 0.3 is 0 Å². The standard InChI is InChI=1S/C23H22FN7O6S3/c24-11-37-28-16(14-10-40-23(25)26-14)19(33)27-17-20(34)31-18(22(35)36)12(9-39-21(17)31)7-29-3-4-30-13(8-29)1-2-15(30)38-6-5-32/h1-4,8,10,17,21,32H,5-7,9,11H2,(H3-,25,26,27,33,35,36)/b28-16-/t17-,21-/m1/s1. The summed E-state index contributed by atoms with van der Waals surface area (Å²) in [6.45, 7) is -1.02. The Balaban J connectivity index is 1.33. The molecule has 0 aliphatic carbocycles. The number of anilines is 1. The minimum absolute atomic E-state index is 0.0436. The quantitative estimate of drug-likeness (QED) is 0.0811. The molecule has 1 saturated heterocycles. The van der Waals surface area contributed by atoms with Gasteiger partial charge in [0.2, 0.25) is 10.7 Å². The molecule has 4 aliphatic heterocycles. The molecule has 17 heteroatoms. The lowest BCUT2D eigenvalue weighted by molar-refractivity contribution is -0.633. The highest BCUT2D eigenvalue weighted by atomic mass is 32.2. The molecule has 13 nitrogen and oxygen atoms in total. The van der Waals surface area contributed by atoms with Gasteiger partial charge in [-0.15, -0.1) is 23.1 Å². The minimum Gasteiger partial charge on any atom is -0.543 e. The molecule has 2 atom stereocenters. The fraction of sp³-hybridized carbons (Fsp3) is 0.304. The average Bonchev–Trinajstić information content (AvgIpc) is 3.55. The highest BCUT2D eigenvalue weighted by molar-refractivity contribution is 8.00. The van der Waals surface area contributed by atoms with Crippen LogP contribution in [0.4, 0.5) is 9.52 Å². The maximum Gasteiger partial charge on any atom is 0.276 e. The highest BCUT2D eigenvalue weighted by Crippen LogP contribution is 2.40. The second-order valence-electron chi connectivity index (χ2n) is 8.49. The molecule has 0 bridgehead atoms. The number of rotatable bonds is 11. The number of nitrogens with one attached hydrogen (secondary N) is 1. The van der Waals surface area contributed by atoms with E-state index >= 15 is 0 Å². The zero-order valence-electron chi connectivity index (χ0n) is 20.6. The van der Waals surface area contributed by atoms with E-state index in [0.29, 0.717) is 11.3 Å². The van der Waals surface area contributed by atoms with Crippen LogP contribution in [0.1, 0.15) is 5.69 Å². The molecule has 5 rings (SSSR count). The first-order valence-corrected chi connectivity index (χ1v) is 14.6. The molecule has 0 saturated carbocycles. The number of amides is 2. The molecule has 0 radical (unpaired) electrons. The van der Waals surface area contributed by atoms with Crippen molar-refractivity contribution in [1.82, 2.24) is 19.8 Å². The Morgan fingerprint density at radius 3 is 2.95 bits per heavy atom. The number of fused-ring (bicyclic) bond motifs is 2. The van der Waals surface area contributed by atoms with E-state index < -0.39 is 36.1 Å². The van der Waals surface area contributed by atoms with Crippen LogP contribution in [0.2, 0.25) is 0 Å². The fourth-order valence-corrected chi connectivity index (χ4v) is 7.01. The summed E-state index contributed by atoms with van der Waals surface area (Å²) in [6, 6.07) is 2.79. The number of hydrogen-bond acceptors (Lipinski definition) is 12. The van der Waals surface area contributed by atoms with Gasteiger partial charge in [0.25, 0.3) is 18.7 Å². The van der Waals surface area contributed by atoms with Gasteiger partial charge in [-0.05, 0) is 5.57 Å². The Morgan fingerprint density at radius 1 is 1.43 bits per heavy atom. The zero-order chi connectivity index (χ0) is 28.4. The van der Waals surface area contributed by atoms with Crippen LogP contribution in [0.5, 0.6) is 0 Å². The summed E-state index contributed by atoms with van der Waals surface area (Å²) in [5.74, 6) is -2.15. The summed E-state index contributed by atoms with van der Waals surface area (Å²) >= 11 is 3.84. The van der Waals surface area contributed by atoms with Crippen molar-refractivity contribution in [2.45, 2.75) is 23.0 Å². The highest BCUT2D eigenvalue weighted by Gasteiger charge is 2.53. The van der Waals surface area contributed by atoms with Gasteiger partial charge in [-0.3, -0.25) is 14.5 Å². The molecule has 4 aliphatic rings. The van der Waals surface area contributed by atoms with Crippen molar-refractivity contribution in [3.05, 3.63) is 53.1 Å². The van der Waals surface area contributed by atoms with Crippen molar-refractivity contribution in [2.75, 3.05) is 30.7 Å². The third-order valence-corrected chi connectivity index (χ3v) is 9.07. The Kier molecular flexibility index (Phi) is 8.24. The van der Waals surface area contributed by atoms with Gasteiger partial charge in [0.1, 0.15) is 17.1 Å². The number of alkyl halides is 1. The summed E-state index contributed by atoms with van der Waals surface area (Å²) in [6.07, 6.45) is 5.49. The predicted octanol–water partition coefficient (Wildman–Crippen LogP) is -0.922. The second-order valence-corrected chi connectivity index (χ2v) is 11.6. The molecular weight excluding hydrogens is 585 g/mol. The van der Waals surface area contributed by atoms with Crippen LogP contribution < -0.4 is 20.7 Å². The molecule has 0 aromatic carbocycles. The third kappa shape index (κ3) is 5.36. The van der Waals surface area contributed by atoms with E-state index in [1.54, 1.807) is 6.20 Å². The number of nitrogens with two attached hydrogens (primary N) is 1. The van der Waals surface area contributed by atoms with E-state index in [2.05, 4.69) is 20.3 Å². The summed E-state index contributed by atoms with van der Waals surface area (Å²) < 4.78 is 16.3. The van der Waals surface area contributed by atoms with E-state index in [1.165, 1.54) is 28.9 Å².